The van der Waals surface area contributed by atoms with Crippen molar-refractivity contribution in [2.75, 3.05) is 11.9 Å². The molecule has 0 aromatic heterocycles. The molecule has 0 bridgehead atoms. The van der Waals surface area contributed by atoms with Crippen molar-refractivity contribution < 1.29 is 9.90 Å². The van der Waals surface area contributed by atoms with Crippen molar-refractivity contribution in [3.63, 3.8) is 0 Å². The van der Waals surface area contributed by atoms with E-state index in [4.69, 9.17) is 5.11 Å². The third kappa shape index (κ3) is 4.66. The smallest absolute Gasteiger partial charge is 0.303 e. The van der Waals surface area contributed by atoms with Crippen LogP contribution in [-0.4, -0.2) is 17.6 Å². The van der Waals surface area contributed by atoms with Gasteiger partial charge in [0.25, 0.3) is 0 Å². The molecule has 5 heteroatoms. The van der Waals surface area contributed by atoms with Crippen LogP contribution in [-0.2, 0) is 4.79 Å². The molecule has 1 aromatic carbocycles. The summed E-state index contributed by atoms with van der Waals surface area (Å²) in [5.74, 6) is -0.759. The number of anilines is 1. The van der Waals surface area contributed by atoms with E-state index in [0.29, 0.717) is 13.0 Å². The molecule has 0 spiro atoms. The molecule has 0 aliphatic carbocycles. The zero-order chi connectivity index (χ0) is 11.3. The molecule has 0 heterocycles. The fourth-order valence-corrected chi connectivity index (χ4v) is 1.84. The van der Waals surface area contributed by atoms with E-state index in [2.05, 4.69) is 37.2 Å². The number of rotatable bonds is 5. The van der Waals surface area contributed by atoms with Gasteiger partial charge in [-0.2, -0.15) is 0 Å². The van der Waals surface area contributed by atoms with Crippen molar-refractivity contribution in [3.05, 3.63) is 27.1 Å². The monoisotopic (exact) mass is 335 g/mol. The van der Waals surface area contributed by atoms with E-state index in [1.54, 1.807) is 0 Å². The SMILES string of the molecule is O=C(O)CCCNc1cc(Br)ccc1Br. The fourth-order valence-electron chi connectivity index (χ4n) is 1.10. The Kier molecular flexibility index (Phi) is 5.11. The zero-order valence-electron chi connectivity index (χ0n) is 7.96. The summed E-state index contributed by atoms with van der Waals surface area (Å²) in [7, 11) is 0. The molecule has 0 unspecified atom stereocenters. The molecule has 0 saturated carbocycles. The van der Waals surface area contributed by atoms with Gasteiger partial charge in [-0.15, -0.1) is 0 Å². The maximum absolute atomic E-state index is 10.3. The summed E-state index contributed by atoms with van der Waals surface area (Å²) in [6, 6.07) is 5.82. The van der Waals surface area contributed by atoms with Crippen molar-refractivity contribution in [2.24, 2.45) is 0 Å². The van der Waals surface area contributed by atoms with Gasteiger partial charge in [0.05, 0.1) is 0 Å². The Labute approximate surface area is 105 Å². The number of benzene rings is 1. The van der Waals surface area contributed by atoms with Crippen molar-refractivity contribution in [1.29, 1.82) is 0 Å². The molecule has 82 valence electrons. The van der Waals surface area contributed by atoms with Crippen LogP contribution in [0.1, 0.15) is 12.8 Å². The summed E-state index contributed by atoms with van der Waals surface area (Å²) in [5, 5.41) is 11.6. The molecule has 0 fully saturated rings. The highest BCUT2D eigenvalue weighted by Crippen LogP contribution is 2.25. The molecule has 2 N–H and O–H groups in total. The summed E-state index contributed by atoms with van der Waals surface area (Å²) in [6.45, 7) is 0.654. The summed E-state index contributed by atoms with van der Waals surface area (Å²) < 4.78 is 1.97. The Bertz CT molecular complexity index is 355. The molecule has 1 rings (SSSR count). The molecule has 3 nitrogen and oxygen atoms in total. The van der Waals surface area contributed by atoms with Crippen molar-refractivity contribution in [2.45, 2.75) is 12.8 Å². The number of halogens is 2. The van der Waals surface area contributed by atoms with E-state index < -0.39 is 5.97 Å². The molecule has 0 saturated heterocycles. The van der Waals surface area contributed by atoms with Crippen LogP contribution in [0.4, 0.5) is 5.69 Å². The van der Waals surface area contributed by atoms with Gasteiger partial charge in [-0.25, -0.2) is 0 Å². The van der Waals surface area contributed by atoms with Crippen LogP contribution >= 0.6 is 31.9 Å². The van der Waals surface area contributed by atoms with E-state index in [9.17, 15) is 4.79 Å². The first-order chi connectivity index (χ1) is 7.09. The molecule has 0 radical (unpaired) electrons. The van der Waals surface area contributed by atoms with E-state index >= 15 is 0 Å². The predicted octanol–water partition coefficient (Wildman–Crippen LogP) is 3.49. The summed E-state index contributed by atoms with van der Waals surface area (Å²) in [4.78, 5) is 10.3. The van der Waals surface area contributed by atoms with E-state index in [0.717, 1.165) is 14.6 Å². The second kappa shape index (κ2) is 6.12. The minimum absolute atomic E-state index is 0.193. The third-order valence-electron chi connectivity index (χ3n) is 1.81. The standard InChI is InChI=1S/C10H11Br2NO2/c11-7-3-4-8(12)9(6-7)13-5-1-2-10(14)15/h3-4,6,13H,1-2,5H2,(H,14,15). The third-order valence-corrected chi connectivity index (χ3v) is 3.00. The van der Waals surface area contributed by atoms with Crippen LogP contribution in [0.15, 0.2) is 27.1 Å². The van der Waals surface area contributed by atoms with Crippen LogP contribution in [0.2, 0.25) is 0 Å². The molecule has 0 aliphatic rings. The minimum atomic E-state index is -0.759. The van der Waals surface area contributed by atoms with E-state index in [-0.39, 0.29) is 6.42 Å². The van der Waals surface area contributed by atoms with E-state index in [1.807, 2.05) is 18.2 Å². The molecule has 0 aliphatic heterocycles. The van der Waals surface area contributed by atoms with Gasteiger partial charge in [-0.05, 0) is 40.5 Å². The average Bonchev–Trinajstić information content (AvgIpc) is 2.17. The highest BCUT2D eigenvalue weighted by atomic mass is 79.9. The number of hydrogen-bond donors (Lipinski definition) is 2. The molecule has 1 aromatic rings. The van der Waals surface area contributed by atoms with Gasteiger partial charge in [-0.3, -0.25) is 4.79 Å². The van der Waals surface area contributed by atoms with Crippen LogP contribution < -0.4 is 5.32 Å². The van der Waals surface area contributed by atoms with Crippen LogP contribution in [0.5, 0.6) is 0 Å². The lowest BCUT2D eigenvalue weighted by atomic mass is 10.3. The van der Waals surface area contributed by atoms with Crippen molar-refractivity contribution >= 4 is 43.5 Å². The second-order valence-electron chi connectivity index (χ2n) is 3.05. The molecule has 0 amide bonds. The Morgan fingerprint density at radius 1 is 1.40 bits per heavy atom. The molecular formula is C10H11Br2NO2. The number of carbonyl (C=O) groups is 1. The van der Waals surface area contributed by atoms with Gasteiger partial charge in [0.1, 0.15) is 0 Å². The first-order valence-corrected chi connectivity index (χ1v) is 6.09. The van der Waals surface area contributed by atoms with Gasteiger partial charge in [0, 0.05) is 27.6 Å². The Morgan fingerprint density at radius 2 is 2.13 bits per heavy atom. The van der Waals surface area contributed by atoms with Gasteiger partial charge in [0.15, 0.2) is 0 Å². The summed E-state index contributed by atoms with van der Waals surface area (Å²) in [5.41, 5.74) is 0.967. The lowest BCUT2D eigenvalue weighted by Crippen LogP contribution is -2.05. The second-order valence-corrected chi connectivity index (χ2v) is 4.82. The largest absolute Gasteiger partial charge is 0.481 e. The maximum Gasteiger partial charge on any atom is 0.303 e. The summed E-state index contributed by atoms with van der Waals surface area (Å²) >= 11 is 6.79. The number of carboxylic acid groups (broad SMARTS) is 1. The predicted molar refractivity (Wildman–Crippen MR) is 67.2 cm³/mol. The minimum Gasteiger partial charge on any atom is -0.481 e. The topological polar surface area (TPSA) is 49.3 Å². The first-order valence-electron chi connectivity index (χ1n) is 4.50. The lowest BCUT2D eigenvalue weighted by Gasteiger charge is -2.08. The zero-order valence-corrected chi connectivity index (χ0v) is 11.1. The number of carboxylic acids is 1. The molecule has 0 atom stereocenters. The van der Waals surface area contributed by atoms with E-state index in [1.165, 1.54) is 0 Å². The van der Waals surface area contributed by atoms with Crippen molar-refractivity contribution in [1.82, 2.24) is 0 Å². The van der Waals surface area contributed by atoms with Crippen LogP contribution in [0, 0.1) is 0 Å². The van der Waals surface area contributed by atoms with Crippen LogP contribution in [0.3, 0.4) is 0 Å². The van der Waals surface area contributed by atoms with Crippen LogP contribution in [0.25, 0.3) is 0 Å². The fraction of sp³-hybridized carbons (Fsp3) is 0.300. The highest BCUT2D eigenvalue weighted by Gasteiger charge is 2.00. The quantitative estimate of drug-likeness (QED) is 0.809. The maximum atomic E-state index is 10.3. The number of nitrogens with one attached hydrogen (secondary N) is 1. The number of hydrogen-bond acceptors (Lipinski definition) is 2. The highest BCUT2D eigenvalue weighted by molar-refractivity contribution is 9.11. The molecule has 15 heavy (non-hydrogen) atoms. The van der Waals surface area contributed by atoms with Crippen molar-refractivity contribution in [3.8, 4) is 0 Å². The Balaban J connectivity index is 2.43. The van der Waals surface area contributed by atoms with Gasteiger partial charge in [0.2, 0.25) is 0 Å². The normalized spacial score (nSPS) is 10.0. The number of aliphatic carboxylic acids is 1. The Morgan fingerprint density at radius 3 is 2.80 bits per heavy atom. The summed E-state index contributed by atoms with van der Waals surface area (Å²) in [6.07, 6.45) is 0.812. The first kappa shape index (κ1) is 12.5. The average molecular weight is 337 g/mol. The lowest BCUT2D eigenvalue weighted by molar-refractivity contribution is -0.137. The van der Waals surface area contributed by atoms with Gasteiger partial charge in [-0.1, -0.05) is 15.9 Å². The Hall–Kier alpha value is -0.550. The van der Waals surface area contributed by atoms with Gasteiger partial charge >= 0.3 is 5.97 Å². The van der Waals surface area contributed by atoms with Gasteiger partial charge < -0.3 is 10.4 Å². The molecular weight excluding hydrogens is 326 g/mol.